The molecular formula is C42H80N3O3+3. The maximum absolute atomic E-state index is 12.7. The van der Waals surface area contributed by atoms with Gasteiger partial charge in [0.1, 0.15) is 5.75 Å². The third-order valence-corrected chi connectivity index (χ3v) is 10.2. The summed E-state index contributed by atoms with van der Waals surface area (Å²) in [4.78, 5) is 12.7. The zero-order chi connectivity index (χ0) is 36.1. The first-order valence-corrected chi connectivity index (χ1v) is 19.8. The molecule has 0 aromatic heterocycles. The summed E-state index contributed by atoms with van der Waals surface area (Å²) in [5.41, 5.74) is 2.22. The fourth-order valence-corrected chi connectivity index (χ4v) is 6.57. The van der Waals surface area contributed by atoms with Crippen LogP contribution in [-0.4, -0.2) is 99.5 Å². The van der Waals surface area contributed by atoms with Crippen LogP contribution in [0.25, 0.3) is 0 Å². The van der Waals surface area contributed by atoms with E-state index < -0.39 is 0 Å². The van der Waals surface area contributed by atoms with Crippen molar-refractivity contribution in [3.63, 3.8) is 0 Å². The van der Waals surface area contributed by atoms with E-state index in [0.717, 1.165) is 31.5 Å². The lowest BCUT2D eigenvalue weighted by Gasteiger charge is -2.30. The van der Waals surface area contributed by atoms with Gasteiger partial charge in [-0.2, -0.15) is 0 Å². The third-order valence-electron chi connectivity index (χ3n) is 10.2. The molecule has 6 heteroatoms. The summed E-state index contributed by atoms with van der Waals surface area (Å²) in [6.45, 7) is 13.4. The van der Waals surface area contributed by atoms with Crippen LogP contribution in [0.15, 0.2) is 30.2 Å². The van der Waals surface area contributed by atoms with E-state index in [9.17, 15) is 9.90 Å². The molecule has 1 rings (SSSR count). The standard InChI is InChI=1S/C42H79N3O3/c1-11-28-41(46)45(9,10)34-27-23-19-15-14-17-21-25-32-43(5,6)31-24-20-16-12-13-18-22-26-33-44(7,8)36-42(47)48-40-35-39(37(2)3)30-29-38(40)4/h28-30,35,37H,11-27,31-34,36H2,1-10H3/q+2/p+1/b41-28+. The summed E-state index contributed by atoms with van der Waals surface area (Å²) in [6, 6.07) is 6.19. The molecule has 1 aromatic carbocycles. The SMILES string of the molecule is CC/C=C(/O)[N+](C)(C)CCCCCCCCCC[N+](C)(C)CCCCCCCCCC[N+](C)(C)CC(=O)Oc1cc(C(C)C)ccc1C. The average Bonchev–Trinajstić information content (AvgIpc) is 2.99. The second-order valence-corrected chi connectivity index (χ2v) is 16.9. The number of esters is 1. The normalized spacial score (nSPS) is 13.0. The Morgan fingerprint density at radius 3 is 1.54 bits per heavy atom. The van der Waals surface area contributed by atoms with Gasteiger partial charge in [0.2, 0.25) is 0 Å². The van der Waals surface area contributed by atoms with E-state index >= 15 is 0 Å². The second-order valence-electron chi connectivity index (χ2n) is 16.9. The monoisotopic (exact) mass is 675 g/mol. The number of aliphatic hydroxyl groups excluding tert-OH is 1. The topological polar surface area (TPSA) is 46.5 Å². The van der Waals surface area contributed by atoms with Crippen LogP contribution in [0, 0.1) is 6.92 Å². The molecule has 0 aliphatic heterocycles. The fraction of sp³-hybridized carbons (Fsp3) is 0.786. The highest BCUT2D eigenvalue weighted by Gasteiger charge is 2.22. The van der Waals surface area contributed by atoms with Crippen LogP contribution in [0.2, 0.25) is 0 Å². The van der Waals surface area contributed by atoms with Crippen molar-refractivity contribution >= 4 is 5.97 Å². The van der Waals surface area contributed by atoms with Crippen molar-refractivity contribution in [1.82, 2.24) is 0 Å². The highest BCUT2D eigenvalue weighted by atomic mass is 16.5. The molecule has 0 fully saturated rings. The molecule has 0 unspecified atom stereocenters. The van der Waals surface area contributed by atoms with Gasteiger partial charge in [-0.05, 0) is 87.8 Å². The zero-order valence-electron chi connectivity index (χ0n) is 33.5. The molecule has 0 heterocycles. The lowest BCUT2D eigenvalue weighted by atomic mass is 10.0. The minimum atomic E-state index is -0.137. The van der Waals surface area contributed by atoms with Gasteiger partial charge in [0.25, 0.3) is 5.88 Å². The van der Waals surface area contributed by atoms with Crippen molar-refractivity contribution < 1.29 is 28.1 Å². The van der Waals surface area contributed by atoms with Gasteiger partial charge in [-0.1, -0.05) is 84.3 Å². The summed E-state index contributed by atoms with van der Waals surface area (Å²) in [5.74, 6) is 1.49. The Morgan fingerprint density at radius 2 is 1.10 bits per heavy atom. The smallest absolute Gasteiger partial charge is 0.367 e. The maximum Gasteiger partial charge on any atom is 0.367 e. The number of carbonyl (C=O) groups is 1. The predicted molar refractivity (Wildman–Crippen MR) is 206 cm³/mol. The molecule has 48 heavy (non-hydrogen) atoms. The molecule has 6 nitrogen and oxygen atoms in total. The van der Waals surface area contributed by atoms with E-state index in [4.69, 9.17) is 4.74 Å². The van der Waals surface area contributed by atoms with Crippen LogP contribution in [0.5, 0.6) is 5.75 Å². The van der Waals surface area contributed by atoms with Gasteiger partial charge in [-0.15, -0.1) is 0 Å². The molecule has 0 bridgehead atoms. The third kappa shape index (κ3) is 20.6. The molecule has 0 aliphatic carbocycles. The molecule has 0 amide bonds. The Hall–Kier alpha value is -1.89. The summed E-state index contributed by atoms with van der Waals surface area (Å²) in [5, 5.41) is 10.2. The van der Waals surface area contributed by atoms with Crippen molar-refractivity contribution in [2.45, 2.75) is 143 Å². The average molecular weight is 675 g/mol. The largest absolute Gasteiger partial charge is 0.468 e. The number of ether oxygens (including phenoxy) is 1. The molecule has 0 saturated carbocycles. The van der Waals surface area contributed by atoms with Crippen LogP contribution in [-0.2, 0) is 4.79 Å². The van der Waals surface area contributed by atoms with E-state index in [-0.39, 0.29) is 5.97 Å². The van der Waals surface area contributed by atoms with Crippen molar-refractivity contribution in [2.24, 2.45) is 0 Å². The van der Waals surface area contributed by atoms with Gasteiger partial charge in [0, 0.05) is 6.08 Å². The van der Waals surface area contributed by atoms with Gasteiger partial charge >= 0.3 is 5.97 Å². The van der Waals surface area contributed by atoms with Crippen molar-refractivity contribution in [1.29, 1.82) is 0 Å². The van der Waals surface area contributed by atoms with Gasteiger partial charge in [0.15, 0.2) is 6.54 Å². The summed E-state index contributed by atoms with van der Waals surface area (Å²) < 4.78 is 8.24. The van der Waals surface area contributed by atoms with Crippen molar-refractivity contribution in [3.8, 4) is 5.75 Å². The van der Waals surface area contributed by atoms with Crippen molar-refractivity contribution in [2.75, 3.05) is 75.0 Å². The Kier molecular flexibility index (Phi) is 21.6. The number of benzene rings is 1. The van der Waals surface area contributed by atoms with E-state index in [2.05, 4.69) is 75.2 Å². The number of carbonyl (C=O) groups excluding carboxylic acids is 1. The lowest BCUT2D eigenvalue weighted by molar-refractivity contribution is -0.890. The zero-order valence-corrected chi connectivity index (χ0v) is 33.5. The Morgan fingerprint density at radius 1 is 0.688 bits per heavy atom. The summed E-state index contributed by atoms with van der Waals surface area (Å²) in [6.07, 6.45) is 23.9. The minimum Gasteiger partial charge on any atom is -0.468 e. The number of hydrogen-bond donors (Lipinski definition) is 1. The van der Waals surface area contributed by atoms with Crippen molar-refractivity contribution in [3.05, 3.63) is 41.3 Å². The first-order chi connectivity index (χ1) is 22.6. The molecule has 0 spiro atoms. The highest BCUT2D eigenvalue weighted by Crippen LogP contribution is 2.25. The molecule has 0 radical (unpaired) electrons. The lowest BCUT2D eigenvalue weighted by Crippen LogP contribution is -2.45. The number of aryl methyl sites for hydroxylation is 1. The van der Waals surface area contributed by atoms with Crippen LogP contribution in [0.1, 0.15) is 147 Å². The summed E-state index contributed by atoms with van der Waals surface area (Å²) in [7, 11) is 13.3. The van der Waals surface area contributed by atoms with Gasteiger partial charge in [-0.3, -0.25) is 4.48 Å². The van der Waals surface area contributed by atoms with Crippen LogP contribution in [0.3, 0.4) is 0 Å². The molecular weight excluding hydrogens is 594 g/mol. The molecule has 0 saturated heterocycles. The number of allylic oxidation sites excluding steroid dienone is 1. The van der Waals surface area contributed by atoms with Gasteiger partial charge in [-0.25, -0.2) is 4.79 Å². The van der Waals surface area contributed by atoms with Gasteiger partial charge in [0.05, 0.1) is 68.5 Å². The number of hydrogen-bond acceptors (Lipinski definition) is 3. The Balaban J connectivity index is 2.02. The first kappa shape index (κ1) is 44.1. The van der Waals surface area contributed by atoms with Crippen LogP contribution in [0.4, 0.5) is 0 Å². The predicted octanol–water partition coefficient (Wildman–Crippen LogP) is 10.3. The highest BCUT2D eigenvalue weighted by molar-refractivity contribution is 5.74. The number of nitrogens with zero attached hydrogens (tertiary/aromatic N) is 3. The van der Waals surface area contributed by atoms with E-state index in [1.54, 1.807) is 0 Å². The number of rotatable bonds is 28. The van der Waals surface area contributed by atoms with E-state index in [1.165, 1.54) is 119 Å². The number of unbranched alkanes of at least 4 members (excludes halogenated alkanes) is 14. The molecule has 0 aliphatic rings. The van der Waals surface area contributed by atoms with Gasteiger partial charge < -0.3 is 18.8 Å². The number of quaternary nitrogens is 3. The second kappa shape index (κ2) is 23.5. The quantitative estimate of drug-likeness (QED) is 0.0316. The van der Waals surface area contributed by atoms with Crippen LogP contribution < -0.4 is 4.74 Å². The van der Waals surface area contributed by atoms with E-state index in [0.29, 0.717) is 33.1 Å². The molecule has 1 aromatic rings. The maximum atomic E-state index is 12.7. The Labute approximate surface area is 298 Å². The molecule has 1 N–H and O–H groups in total. The Bertz CT molecular complexity index is 1040. The molecule has 0 atom stereocenters. The number of aliphatic hydroxyl groups is 1. The number of likely N-dealkylation sites (N-methyl/N-ethyl adjacent to an activating group) is 1. The minimum absolute atomic E-state index is 0.137. The fourth-order valence-electron chi connectivity index (χ4n) is 6.57. The van der Waals surface area contributed by atoms with Crippen LogP contribution >= 0.6 is 0 Å². The van der Waals surface area contributed by atoms with E-state index in [1.807, 2.05) is 19.1 Å². The first-order valence-electron chi connectivity index (χ1n) is 19.8. The summed E-state index contributed by atoms with van der Waals surface area (Å²) >= 11 is 0. The molecule has 278 valence electrons.